The fourth-order valence-corrected chi connectivity index (χ4v) is 2.09. The number of ether oxygens (including phenoxy) is 2. The zero-order valence-electron chi connectivity index (χ0n) is 12.4. The van der Waals surface area contributed by atoms with Gasteiger partial charge in [-0.25, -0.2) is 4.52 Å². The van der Waals surface area contributed by atoms with E-state index in [1.807, 2.05) is 33.0 Å². The van der Waals surface area contributed by atoms with Gasteiger partial charge in [-0.15, -0.1) is 5.10 Å². The van der Waals surface area contributed by atoms with Crippen LogP contribution in [0.2, 0.25) is 0 Å². The molecule has 0 amide bonds. The first-order chi connectivity index (χ1) is 9.82. The maximum absolute atomic E-state index is 9.99. The van der Waals surface area contributed by atoms with Crippen molar-refractivity contribution in [3.63, 3.8) is 0 Å². The molecule has 2 N–H and O–H groups in total. The highest BCUT2D eigenvalue weighted by Gasteiger charge is 2.18. The minimum atomic E-state index is -1.15. The molecule has 0 bridgehead atoms. The molecule has 0 aliphatic heterocycles. The maximum Gasteiger partial charge on any atom is 0.336 e. The molecule has 1 unspecified atom stereocenters. The Morgan fingerprint density at radius 1 is 1.48 bits per heavy atom. The van der Waals surface area contributed by atoms with E-state index in [1.54, 1.807) is 4.52 Å². The molecular formula is C13H19BrN4O3. The lowest BCUT2D eigenvalue weighted by Crippen LogP contribution is -2.32. The first-order valence-electron chi connectivity index (χ1n) is 6.44. The van der Waals surface area contributed by atoms with Gasteiger partial charge in [0.25, 0.3) is 0 Å². The summed E-state index contributed by atoms with van der Waals surface area (Å²) >= 11 is 3.40. The molecule has 7 nitrogen and oxygen atoms in total. The van der Waals surface area contributed by atoms with E-state index in [0.717, 1.165) is 5.56 Å². The van der Waals surface area contributed by atoms with Gasteiger partial charge in [-0.2, -0.15) is 4.98 Å². The van der Waals surface area contributed by atoms with Gasteiger partial charge in [0.15, 0.2) is 5.65 Å². The standard InChI is InChI=1S/C13H19BrN4O3/c1-13(2,3)21-12(19)15-9-5-8(6-14)7-18-10(9)16-11(17-18)20-4/h5,7,12,15,19H,6H2,1-4H3. The van der Waals surface area contributed by atoms with Crippen LogP contribution in [-0.4, -0.2) is 38.8 Å². The summed E-state index contributed by atoms with van der Waals surface area (Å²) in [5.74, 6) is 0. The van der Waals surface area contributed by atoms with E-state index in [2.05, 4.69) is 31.3 Å². The molecule has 2 aromatic rings. The van der Waals surface area contributed by atoms with E-state index < -0.39 is 12.0 Å². The zero-order chi connectivity index (χ0) is 15.6. The summed E-state index contributed by atoms with van der Waals surface area (Å²) in [6, 6.07) is 2.13. The Bertz CT molecular complexity index is 624. The lowest BCUT2D eigenvalue weighted by molar-refractivity contribution is -0.148. The highest BCUT2D eigenvalue weighted by atomic mass is 79.9. The van der Waals surface area contributed by atoms with Crippen LogP contribution in [0.15, 0.2) is 12.3 Å². The largest absolute Gasteiger partial charge is 0.466 e. The van der Waals surface area contributed by atoms with Gasteiger partial charge in [-0.05, 0) is 32.4 Å². The van der Waals surface area contributed by atoms with Gasteiger partial charge >= 0.3 is 6.01 Å². The molecule has 2 rings (SSSR count). The van der Waals surface area contributed by atoms with Crippen LogP contribution in [-0.2, 0) is 10.1 Å². The Kier molecular flexibility index (Phi) is 4.70. The van der Waals surface area contributed by atoms with Crippen molar-refractivity contribution >= 4 is 27.3 Å². The second kappa shape index (κ2) is 6.17. The first kappa shape index (κ1) is 16.0. The summed E-state index contributed by atoms with van der Waals surface area (Å²) < 4.78 is 12.1. The predicted octanol–water partition coefficient (Wildman–Crippen LogP) is 2.14. The van der Waals surface area contributed by atoms with Gasteiger partial charge < -0.3 is 19.9 Å². The van der Waals surface area contributed by atoms with Gasteiger partial charge in [0.1, 0.15) is 0 Å². The molecule has 0 saturated carbocycles. The third-order valence-electron chi connectivity index (χ3n) is 2.55. The van der Waals surface area contributed by atoms with Crippen molar-refractivity contribution in [2.45, 2.75) is 38.1 Å². The molecule has 0 aromatic carbocycles. The van der Waals surface area contributed by atoms with Gasteiger partial charge in [-0.3, -0.25) is 0 Å². The van der Waals surface area contributed by atoms with Crippen LogP contribution in [0.3, 0.4) is 0 Å². The van der Waals surface area contributed by atoms with Crippen molar-refractivity contribution in [1.29, 1.82) is 0 Å². The molecule has 8 heteroatoms. The monoisotopic (exact) mass is 358 g/mol. The number of halogens is 1. The summed E-state index contributed by atoms with van der Waals surface area (Å²) in [7, 11) is 1.50. The number of pyridine rings is 1. The highest BCUT2D eigenvalue weighted by Crippen LogP contribution is 2.22. The Labute approximate surface area is 131 Å². The van der Waals surface area contributed by atoms with Crippen molar-refractivity contribution in [2.24, 2.45) is 0 Å². The van der Waals surface area contributed by atoms with Crippen molar-refractivity contribution in [1.82, 2.24) is 14.6 Å². The number of nitrogens with zero attached hydrogens (tertiary/aromatic N) is 3. The van der Waals surface area contributed by atoms with Gasteiger partial charge in [0, 0.05) is 11.5 Å². The molecule has 2 heterocycles. The SMILES string of the molecule is COc1nc2c(NC(O)OC(C)(C)C)cc(CBr)cn2n1. The summed E-state index contributed by atoms with van der Waals surface area (Å²) in [6.07, 6.45) is 0.684. The van der Waals surface area contributed by atoms with E-state index in [1.165, 1.54) is 7.11 Å². The molecule has 0 radical (unpaired) electrons. The molecular weight excluding hydrogens is 340 g/mol. The summed E-state index contributed by atoms with van der Waals surface area (Å²) in [5, 5.41) is 17.7. The second-order valence-electron chi connectivity index (χ2n) is 5.49. The maximum atomic E-state index is 9.99. The Morgan fingerprint density at radius 3 is 2.76 bits per heavy atom. The van der Waals surface area contributed by atoms with Crippen LogP contribution < -0.4 is 10.1 Å². The number of anilines is 1. The van der Waals surface area contributed by atoms with Crippen LogP contribution in [0.4, 0.5) is 5.69 Å². The third-order valence-corrected chi connectivity index (χ3v) is 3.20. The number of alkyl halides is 1. The van der Waals surface area contributed by atoms with Gasteiger partial charge in [0.05, 0.1) is 18.4 Å². The minimum absolute atomic E-state index is 0.260. The molecule has 21 heavy (non-hydrogen) atoms. The molecule has 2 aromatic heterocycles. The average Bonchev–Trinajstić information content (AvgIpc) is 2.79. The van der Waals surface area contributed by atoms with E-state index >= 15 is 0 Å². The Hall–Kier alpha value is -1.38. The van der Waals surface area contributed by atoms with E-state index in [9.17, 15) is 5.11 Å². The molecule has 0 saturated heterocycles. The summed E-state index contributed by atoms with van der Waals surface area (Å²) in [4.78, 5) is 4.24. The van der Waals surface area contributed by atoms with Crippen molar-refractivity contribution in [3.8, 4) is 6.01 Å². The molecule has 1 atom stereocenters. The van der Waals surface area contributed by atoms with Crippen molar-refractivity contribution in [2.75, 3.05) is 12.4 Å². The number of methoxy groups -OCH3 is 1. The Morgan fingerprint density at radius 2 is 2.19 bits per heavy atom. The van der Waals surface area contributed by atoms with Crippen molar-refractivity contribution in [3.05, 3.63) is 17.8 Å². The number of rotatable bonds is 5. The fraction of sp³-hybridized carbons (Fsp3) is 0.538. The normalized spacial score (nSPS) is 13.4. The fourth-order valence-electron chi connectivity index (χ4n) is 1.78. The van der Waals surface area contributed by atoms with Crippen LogP contribution in [0.1, 0.15) is 26.3 Å². The lowest BCUT2D eigenvalue weighted by atomic mass is 10.2. The van der Waals surface area contributed by atoms with Gasteiger partial charge in [-0.1, -0.05) is 15.9 Å². The smallest absolute Gasteiger partial charge is 0.336 e. The number of hydrogen-bond acceptors (Lipinski definition) is 6. The van der Waals surface area contributed by atoms with Crippen molar-refractivity contribution < 1.29 is 14.6 Å². The highest BCUT2D eigenvalue weighted by molar-refractivity contribution is 9.08. The van der Waals surface area contributed by atoms with E-state index in [-0.39, 0.29) is 6.01 Å². The zero-order valence-corrected chi connectivity index (χ0v) is 14.0. The van der Waals surface area contributed by atoms with Gasteiger partial charge in [0.2, 0.25) is 6.41 Å². The molecule has 0 spiro atoms. The first-order valence-corrected chi connectivity index (χ1v) is 7.56. The summed E-state index contributed by atoms with van der Waals surface area (Å²) in [5.41, 5.74) is 1.66. The number of aliphatic hydroxyl groups excluding tert-OH is 1. The van der Waals surface area contributed by atoms with Crippen LogP contribution in [0.25, 0.3) is 5.65 Å². The quantitative estimate of drug-likeness (QED) is 0.629. The molecule has 0 aliphatic carbocycles. The number of fused-ring (bicyclic) bond motifs is 1. The lowest BCUT2D eigenvalue weighted by Gasteiger charge is -2.25. The number of aliphatic hydroxyl groups is 1. The number of hydrogen-bond donors (Lipinski definition) is 2. The van der Waals surface area contributed by atoms with Crippen LogP contribution in [0, 0.1) is 0 Å². The molecule has 116 valence electrons. The van der Waals surface area contributed by atoms with Crippen LogP contribution in [0.5, 0.6) is 6.01 Å². The predicted molar refractivity (Wildman–Crippen MR) is 82.6 cm³/mol. The topological polar surface area (TPSA) is 80.9 Å². The average molecular weight is 359 g/mol. The third kappa shape index (κ3) is 4.05. The van der Waals surface area contributed by atoms with E-state index in [4.69, 9.17) is 9.47 Å². The summed E-state index contributed by atoms with van der Waals surface area (Å²) in [6.45, 7) is 5.59. The number of nitrogens with one attached hydrogen (secondary N) is 1. The molecule has 0 aliphatic rings. The number of aromatic nitrogens is 3. The Balaban J connectivity index is 2.34. The van der Waals surface area contributed by atoms with E-state index in [0.29, 0.717) is 16.7 Å². The molecule has 0 fully saturated rings. The van der Waals surface area contributed by atoms with Crippen LogP contribution >= 0.6 is 15.9 Å². The second-order valence-corrected chi connectivity index (χ2v) is 6.05. The minimum Gasteiger partial charge on any atom is -0.466 e.